The van der Waals surface area contributed by atoms with Gasteiger partial charge in [0.1, 0.15) is 0 Å². The summed E-state index contributed by atoms with van der Waals surface area (Å²) in [6.45, 7) is 3.84. The Morgan fingerprint density at radius 3 is 2.50 bits per heavy atom. The highest BCUT2D eigenvalue weighted by Crippen LogP contribution is 2.22. The number of benzene rings is 1. The Morgan fingerprint density at radius 2 is 1.94 bits per heavy atom. The Bertz CT molecular complexity index is 519. The zero-order valence-corrected chi connectivity index (χ0v) is 12.9. The molecule has 96 valence electrons. The van der Waals surface area contributed by atoms with Crippen molar-refractivity contribution in [3.63, 3.8) is 0 Å². The Balaban J connectivity index is 2.04. The maximum atomic E-state index is 10.5. The van der Waals surface area contributed by atoms with E-state index < -0.39 is 5.60 Å². The molecule has 1 unspecified atom stereocenters. The monoisotopic (exact) mass is 325 g/mol. The van der Waals surface area contributed by atoms with Gasteiger partial charge in [0.2, 0.25) is 0 Å². The van der Waals surface area contributed by atoms with Gasteiger partial charge in [-0.15, -0.1) is 11.3 Å². The summed E-state index contributed by atoms with van der Waals surface area (Å²) >= 11 is 5.02. The van der Waals surface area contributed by atoms with Gasteiger partial charge in [-0.2, -0.15) is 0 Å². The van der Waals surface area contributed by atoms with E-state index in [9.17, 15) is 5.11 Å². The second-order valence-corrected chi connectivity index (χ2v) is 6.72. The number of aryl methyl sites for hydroxylation is 1. The Labute approximate surface area is 120 Å². The molecule has 0 fully saturated rings. The normalized spacial score (nSPS) is 14.4. The smallest absolute Gasteiger partial charge is 0.0956 e. The number of hydrogen-bond donors (Lipinski definition) is 1. The van der Waals surface area contributed by atoms with E-state index in [-0.39, 0.29) is 0 Å². The highest BCUT2D eigenvalue weighted by Gasteiger charge is 2.23. The predicted molar refractivity (Wildman–Crippen MR) is 79.0 cm³/mol. The summed E-state index contributed by atoms with van der Waals surface area (Å²) < 4.78 is 1.06. The van der Waals surface area contributed by atoms with Crippen LogP contribution in [0.5, 0.6) is 0 Å². The van der Waals surface area contributed by atoms with Gasteiger partial charge in [-0.25, -0.2) is 4.98 Å². The molecule has 2 nitrogen and oxygen atoms in total. The third-order valence-electron chi connectivity index (χ3n) is 2.70. The highest BCUT2D eigenvalue weighted by atomic mass is 79.9. The molecule has 2 aromatic rings. The van der Waals surface area contributed by atoms with Crippen LogP contribution < -0.4 is 0 Å². The summed E-state index contributed by atoms with van der Waals surface area (Å²) in [7, 11) is 0. The molecule has 4 heteroatoms. The van der Waals surface area contributed by atoms with Crippen LogP contribution in [0.2, 0.25) is 0 Å². The molecule has 1 N–H and O–H groups in total. The Hall–Kier alpha value is -0.710. The molecule has 1 heterocycles. The SMILES string of the molecule is Cc1csc(CC(C)(O)Cc2ccc(Br)cc2)n1. The molecule has 1 aromatic carbocycles. The minimum absolute atomic E-state index is 0.599. The molecule has 0 radical (unpaired) electrons. The molecule has 0 aliphatic carbocycles. The van der Waals surface area contributed by atoms with Gasteiger partial charge in [-0.3, -0.25) is 0 Å². The van der Waals surface area contributed by atoms with Gasteiger partial charge in [0.15, 0.2) is 0 Å². The average Bonchev–Trinajstić information content (AvgIpc) is 2.66. The average molecular weight is 326 g/mol. The molecular formula is C14H16BrNOS. The minimum Gasteiger partial charge on any atom is -0.389 e. The van der Waals surface area contributed by atoms with Crippen LogP contribution >= 0.6 is 27.3 Å². The first kappa shape index (κ1) is 13.7. The largest absolute Gasteiger partial charge is 0.389 e. The van der Waals surface area contributed by atoms with Crippen LogP contribution in [-0.2, 0) is 12.8 Å². The van der Waals surface area contributed by atoms with Crippen LogP contribution in [0.25, 0.3) is 0 Å². The van der Waals surface area contributed by atoms with Crippen molar-refractivity contribution < 1.29 is 5.11 Å². The quantitative estimate of drug-likeness (QED) is 0.928. The lowest BCUT2D eigenvalue weighted by atomic mass is 9.93. The predicted octanol–water partition coefficient (Wildman–Crippen LogP) is 3.75. The zero-order chi connectivity index (χ0) is 13.2. The van der Waals surface area contributed by atoms with Crippen molar-refractivity contribution in [2.45, 2.75) is 32.3 Å². The summed E-state index contributed by atoms with van der Waals surface area (Å²) in [5.74, 6) is 0. The number of aromatic nitrogens is 1. The van der Waals surface area contributed by atoms with Crippen LogP contribution in [-0.4, -0.2) is 15.7 Å². The number of nitrogens with zero attached hydrogens (tertiary/aromatic N) is 1. The molecule has 0 aliphatic rings. The second kappa shape index (κ2) is 5.51. The lowest BCUT2D eigenvalue weighted by Gasteiger charge is -2.22. The van der Waals surface area contributed by atoms with Gasteiger partial charge in [-0.05, 0) is 31.5 Å². The van der Waals surface area contributed by atoms with Crippen molar-refractivity contribution in [1.29, 1.82) is 0 Å². The topological polar surface area (TPSA) is 33.1 Å². The van der Waals surface area contributed by atoms with E-state index in [1.165, 1.54) is 0 Å². The minimum atomic E-state index is -0.752. The van der Waals surface area contributed by atoms with Crippen LogP contribution in [0.3, 0.4) is 0 Å². The Morgan fingerprint density at radius 1 is 1.28 bits per heavy atom. The van der Waals surface area contributed by atoms with Gasteiger partial charge in [0.05, 0.1) is 10.6 Å². The van der Waals surface area contributed by atoms with E-state index >= 15 is 0 Å². The molecule has 0 saturated carbocycles. The molecule has 0 bridgehead atoms. The van der Waals surface area contributed by atoms with Crippen LogP contribution in [0.1, 0.15) is 23.2 Å². The van der Waals surface area contributed by atoms with Crippen LogP contribution in [0.15, 0.2) is 34.1 Å². The molecule has 1 aromatic heterocycles. The molecule has 0 spiro atoms. The summed E-state index contributed by atoms with van der Waals surface area (Å²) in [5.41, 5.74) is 1.41. The number of halogens is 1. The zero-order valence-electron chi connectivity index (χ0n) is 10.5. The van der Waals surface area contributed by atoms with Gasteiger partial charge in [0, 0.05) is 28.4 Å². The van der Waals surface area contributed by atoms with E-state index in [0.29, 0.717) is 12.8 Å². The summed E-state index contributed by atoms with van der Waals surface area (Å²) in [6, 6.07) is 8.06. The molecule has 0 saturated heterocycles. The van der Waals surface area contributed by atoms with Crippen LogP contribution in [0.4, 0.5) is 0 Å². The van der Waals surface area contributed by atoms with E-state index in [0.717, 1.165) is 20.7 Å². The van der Waals surface area contributed by atoms with E-state index in [1.807, 2.05) is 43.5 Å². The fourth-order valence-corrected chi connectivity index (χ4v) is 3.13. The number of thiazole rings is 1. The molecule has 0 aliphatic heterocycles. The van der Waals surface area contributed by atoms with Crippen molar-refractivity contribution >= 4 is 27.3 Å². The third-order valence-corrected chi connectivity index (χ3v) is 4.19. The first-order valence-corrected chi connectivity index (χ1v) is 7.50. The summed E-state index contributed by atoms with van der Waals surface area (Å²) in [4.78, 5) is 4.40. The number of rotatable bonds is 4. The molecule has 1 atom stereocenters. The van der Waals surface area contributed by atoms with Crippen molar-refractivity contribution in [1.82, 2.24) is 4.98 Å². The van der Waals surface area contributed by atoms with Crippen molar-refractivity contribution in [2.75, 3.05) is 0 Å². The first-order chi connectivity index (χ1) is 8.44. The number of aliphatic hydroxyl groups is 1. The standard InChI is InChI=1S/C14H16BrNOS/c1-10-9-18-13(16-10)8-14(2,17)7-11-3-5-12(15)6-4-11/h3-6,9,17H,7-8H2,1-2H3. The first-order valence-electron chi connectivity index (χ1n) is 5.82. The molecule has 0 amide bonds. The van der Waals surface area contributed by atoms with E-state index in [1.54, 1.807) is 11.3 Å². The van der Waals surface area contributed by atoms with Gasteiger partial charge in [0.25, 0.3) is 0 Å². The lowest BCUT2D eigenvalue weighted by Crippen LogP contribution is -2.30. The summed E-state index contributed by atoms with van der Waals surface area (Å²) in [6.07, 6.45) is 1.24. The second-order valence-electron chi connectivity index (χ2n) is 4.86. The number of hydrogen-bond acceptors (Lipinski definition) is 3. The molecule has 2 rings (SSSR count). The third kappa shape index (κ3) is 3.90. The van der Waals surface area contributed by atoms with Gasteiger partial charge in [-0.1, -0.05) is 28.1 Å². The molecule has 18 heavy (non-hydrogen) atoms. The lowest BCUT2D eigenvalue weighted by molar-refractivity contribution is 0.0607. The van der Waals surface area contributed by atoms with Crippen molar-refractivity contribution in [2.24, 2.45) is 0 Å². The summed E-state index contributed by atoms with van der Waals surface area (Å²) in [5, 5.41) is 13.5. The fraction of sp³-hybridized carbons (Fsp3) is 0.357. The fourth-order valence-electron chi connectivity index (χ4n) is 1.91. The maximum Gasteiger partial charge on any atom is 0.0956 e. The van der Waals surface area contributed by atoms with E-state index in [2.05, 4.69) is 20.9 Å². The van der Waals surface area contributed by atoms with E-state index in [4.69, 9.17) is 0 Å². The molecular weight excluding hydrogens is 310 g/mol. The Kier molecular flexibility index (Phi) is 4.20. The maximum absolute atomic E-state index is 10.5. The van der Waals surface area contributed by atoms with Gasteiger partial charge < -0.3 is 5.11 Å². The van der Waals surface area contributed by atoms with Crippen molar-refractivity contribution in [3.8, 4) is 0 Å². The highest BCUT2D eigenvalue weighted by molar-refractivity contribution is 9.10. The van der Waals surface area contributed by atoms with Crippen molar-refractivity contribution in [3.05, 3.63) is 50.4 Å². The van der Waals surface area contributed by atoms with Crippen LogP contribution in [0, 0.1) is 6.92 Å². The van der Waals surface area contributed by atoms with Gasteiger partial charge >= 0.3 is 0 Å².